The first kappa shape index (κ1) is 25.6. The average Bonchev–Trinajstić information content (AvgIpc) is 3.22. The molecule has 1 aromatic heterocycles. The highest BCUT2D eigenvalue weighted by Gasteiger charge is 2.21. The van der Waals surface area contributed by atoms with Crippen LogP contribution in [-0.4, -0.2) is 38.9 Å². The minimum atomic E-state index is -0.103. The van der Waals surface area contributed by atoms with E-state index in [-0.39, 0.29) is 24.4 Å². The lowest BCUT2D eigenvalue weighted by molar-refractivity contribution is -0.134. The van der Waals surface area contributed by atoms with Crippen LogP contribution in [0.25, 0.3) is 11.0 Å². The van der Waals surface area contributed by atoms with E-state index in [1.807, 2.05) is 90.0 Å². The molecule has 2 amide bonds. The van der Waals surface area contributed by atoms with Crippen LogP contribution in [0.5, 0.6) is 0 Å². The minimum Gasteiger partial charge on any atom is -0.352 e. The van der Waals surface area contributed by atoms with Crippen molar-refractivity contribution in [3.05, 3.63) is 100 Å². The normalized spacial score (nSPS) is 11.1. The number of hydrogen-bond acceptors (Lipinski definition) is 3. The molecule has 0 fully saturated rings. The highest BCUT2D eigenvalue weighted by molar-refractivity contribution is 9.10. The molecule has 0 atom stereocenters. The topological polar surface area (TPSA) is 67.2 Å². The predicted octanol–water partition coefficient (Wildman–Crippen LogP) is 5.60. The van der Waals surface area contributed by atoms with Gasteiger partial charge in [0.25, 0.3) is 5.91 Å². The molecule has 36 heavy (non-hydrogen) atoms. The molecule has 0 unspecified atom stereocenters. The minimum absolute atomic E-state index is 0.0567. The van der Waals surface area contributed by atoms with Crippen molar-refractivity contribution < 1.29 is 9.59 Å². The van der Waals surface area contributed by atoms with Gasteiger partial charge in [-0.15, -0.1) is 0 Å². The number of aromatic nitrogens is 2. The summed E-state index contributed by atoms with van der Waals surface area (Å²) < 4.78 is 2.89. The van der Waals surface area contributed by atoms with Crippen molar-refractivity contribution >= 4 is 38.8 Å². The van der Waals surface area contributed by atoms with Crippen LogP contribution in [0, 0.1) is 0 Å². The number of nitrogens with zero attached hydrogens (tertiary/aromatic N) is 3. The van der Waals surface area contributed by atoms with Crippen LogP contribution in [0.15, 0.2) is 83.3 Å². The zero-order valence-electron chi connectivity index (χ0n) is 20.7. The smallest absolute Gasteiger partial charge is 0.251 e. The van der Waals surface area contributed by atoms with E-state index in [1.54, 1.807) is 12.1 Å². The van der Waals surface area contributed by atoms with E-state index < -0.39 is 0 Å². The van der Waals surface area contributed by atoms with Gasteiger partial charge in [0, 0.05) is 35.6 Å². The number of imidazole rings is 1. The second-order valence-corrected chi connectivity index (χ2v) is 9.99. The van der Waals surface area contributed by atoms with Crippen molar-refractivity contribution in [2.45, 2.75) is 45.8 Å². The fourth-order valence-corrected chi connectivity index (χ4v) is 4.64. The van der Waals surface area contributed by atoms with Gasteiger partial charge in [0.15, 0.2) is 0 Å². The summed E-state index contributed by atoms with van der Waals surface area (Å²) in [4.78, 5) is 32.6. The number of carbonyl (C=O) groups excluding carboxylic acids is 2. The lowest BCUT2D eigenvalue weighted by atomic mass is 10.2. The Morgan fingerprint density at radius 1 is 1.00 bits per heavy atom. The molecule has 0 radical (unpaired) electrons. The number of benzene rings is 3. The van der Waals surface area contributed by atoms with Gasteiger partial charge in [-0.05, 0) is 56.2 Å². The third-order valence-corrected chi connectivity index (χ3v) is 6.61. The Hall–Kier alpha value is -3.45. The number of aryl methyl sites for hydroxylation is 1. The first-order valence-electron chi connectivity index (χ1n) is 12.2. The Kier molecular flexibility index (Phi) is 8.54. The summed E-state index contributed by atoms with van der Waals surface area (Å²) in [5.41, 5.74) is 3.55. The average molecular weight is 547 g/mol. The van der Waals surface area contributed by atoms with Gasteiger partial charge in [0.2, 0.25) is 5.91 Å². The quantitative estimate of drug-likeness (QED) is 0.263. The van der Waals surface area contributed by atoms with Gasteiger partial charge < -0.3 is 14.8 Å². The van der Waals surface area contributed by atoms with Crippen LogP contribution in [0.1, 0.15) is 42.0 Å². The lowest BCUT2D eigenvalue weighted by Crippen LogP contribution is -2.38. The van der Waals surface area contributed by atoms with Crippen LogP contribution >= 0.6 is 15.9 Å². The molecular weight excluding hydrogens is 516 g/mol. The van der Waals surface area contributed by atoms with Crippen molar-refractivity contribution in [3.63, 3.8) is 0 Å². The predicted molar refractivity (Wildman–Crippen MR) is 147 cm³/mol. The van der Waals surface area contributed by atoms with Crippen LogP contribution in [0.2, 0.25) is 0 Å². The fourth-order valence-electron chi connectivity index (χ4n) is 4.24. The van der Waals surface area contributed by atoms with Crippen molar-refractivity contribution in [2.75, 3.05) is 6.54 Å². The van der Waals surface area contributed by atoms with E-state index in [1.165, 1.54) is 0 Å². The third-order valence-electron chi connectivity index (χ3n) is 6.12. The molecule has 0 saturated carbocycles. The summed E-state index contributed by atoms with van der Waals surface area (Å²) in [5.74, 6) is 0.805. The van der Waals surface area contributed by atoms with E-state index in [0.717, 1.165) is 33.3 Å². The van der Waals surface area contributed by atoms with Gasteiger partial charge in [0.1, 0.15) is 12.4 Å². The number of carbonyl (C=O) groups is 2. The first-order chi connectivity index (χ1) is 17.4. The number of fused-ring (bicyclic) bond motifs is 1. The molecular formula is C29H31BrN4O2. The van der Waals surface area contributed by atoms with Crippen molar-refractivity contribution in [1.29, 1.82) is 0 Å². The largest absolute Gasteiger partial charge is 0.352 e. The van der Waals surface area contributed by atoms with E-state index in [2.05, 4.69) is 21.2 Å². The Morgan fingerprint density at radius 2 is 1.75 bits per heavy atom. The number of para-hydroxylation sites is 2. The van der Waals surface area contributed by atoms with Crippen LogP contribution < -0.4 is 5.32 Å². The van der Waals surface area contributed by atoms with Gasteiger partial charge in [0.05, 0.1) is 11.0 Å². The molecule has 1 N–H and O–H groups in total. The summed E-state index contributed by atoms with van der Waals surface area (Å²) in [6, 6.07) is 25.4. The molecule has 0 aliphatic heterocycles. The van der Waals surface area contributed by atoms with Gasteiger partial charge >= 0.3 is 0 Å². The maximum Gasteiger partial charge on any atom is 0.251 e. The molecule has 6 nitrogen and oxygen atoms in total. The summed E-state index contributed by atoms with van der Waals surface area (Å²) in [6.45, 7) is 5.41. The highest BCUT2D eigenvalue weighted by Crippen LogP contribution is 2.19. The molecule has 7 heteroatoms. The molecule has 186 valence electrons. The highest BCUT2D eigenvalue weighted by atomic mass is 79.9. The molecule has 3 aromatic carbocycles. The van der Waals surface area contributed by atoms with E-state index in [9.17, 15) is 9.59 Å². The number of halogens is 1. The van der Waals surface area contributed by atoms with Gasteiger partial charge in [-0.1, -0.05) is 64.5 Å². The van der Waals surface area contributed by atoms with Gasteiger partial charge in [-0.3, -0.25) is 9.59 Å². The third kappa shape index (κ3) is 6.40. The van der Waals surface area contributed by atoms with Gasteiger partial charge in [-0.25, -0.2) is 4.98 Å². The Labute approximate surface area is 220 Å². The van der Waals surface area contributed by atoms with E-state index in [4.69, 9.17) is 4.98 Å². The molecule has 0 spiro atoms. The number of nitrogens with one attached hydrogen (secondary N) is 1. The van der Waals surface area contributed by atoms with Crippen molar-refractivity contribution in [3.8, 4) is 0 Å². The standard InChI is InChI=1S/C29H31BrN4O2/c1-21(2)33(19-22-10-4-3-5-11-22)28(35)20-34-26-15-7-6-14-25(26)32-27(34)16-9-17-31-29(36)23-12-8-13-24(30)18-23/h3-8,10-15,18,21H,9,16-17,19-20H2,1-2H3,(H,31,36). The van der Waals surface area contributed by atoms with Gasteiger partial charge in [-0.2, -0.15) is 0 Å². The second-order valence-electron chi connectivity index (χ2n) is 9.07. The van der Waals surface area contributed by atoms with E-state index >= 15 is 0 Å². The number of hydrogen-bond donors (Lipinski definition) is 1. The maximum absolute atomic E-state index is 13.5. The zero-order chi connectivity index (χ0) is 25.5. The SMILES string of the molecule is CC(C)N(Cc1ccccc1)C(=O)Cn1c(CCCNC(=O)c2cccc(Br)c2)nc2ccccc21. The molecule has 0 bridgehead atoms. The molecule has 4 rings (SSSR count). The molecule has 4 aromatic rings. The molecule has 0 saturated heterocycles. The molecule has 0 aliphatic carbocycles. The lowest BCUT2D eigenvalue weighted by Gasteiger charge is -2.27. The zero-order valence-corrected chi connectivity index (χ0v) is 22.2. The summed E-state index contributed by atoms with van der Waals surface area (Å²) in [5, 5.41) is 2.98. The fraction of sp³-hybridized carbons (Fsp3) is 0.276. The Bertz CT molecular complexity index is 1330. The van der Waals surface area contributed by atoms with Crippen LogP contribution in [0.4, 0.5) is 0 Å². The monoisotopic (exact) mass is 546 g/mol. The van der Waals surface area contributed by atoms with Crippen LogP contribution in [-0.2, 0) is 24.3 Å². The second kappa shape index (κ2) is 12.0. The summed E-state index contributed by atoms with van der Waals surface area (Å²) in [6.07, 6.45) is 1.37. The Balaban J connectivity index is 1.45. The Morgan fingerprint density at radius 3 is 2.50 bits per heavy atom. The maximum atomic E-state index is 13.5. The molecule has 0 aliphatic rings. The van der Waals surface area contributed by atoms with Crippen molar-refractivity contribution in [2.24, 2.45) is 0 Å². The number of amides is 2. The first-order valence-corrected chi connectivity index (χ1v) is 13.0. The number of rotatable bonds is 10. The van der Waals surface area contributed by atoms with Crippen LogP contribution in [0.3, 0.4) is 0 Å². The van der Waals surface area contributed by atoms with E-state index in [0.29, 0.717) is 25.1 Å². The summed E-state index contributed by atoms with van der Waals surface area (Å²) >= 11 is 3.40. The molecule has 1 heterocycles. The summed E-state index contributed by atoms with van der Waals surface area (Å²) in [7, 11) is 0. The van der Waals surface area contributed by atoms with Crippen molar-refractivity contribution in [1.82, 2.24) is 19.8 Å².